The Balaban J connectivity index is 2.00. The smallest absolute Gasteiger partial charge is 0.243 e. The van der Waals surface area contributed by atoms with Gasteiger partial charge < -0.3 is 5.32 Å². The molecule has 0 radical (unpaired) electrons. The number of sulfonamides is 1. The zero-order valence-electron chi connectivity index (χ0n) is 11.7. The molecule has 1 aliphatic carbocycles. The van der Waals surface area contributed by atoms with E-state index in [1.807, 2.05) is 11.8 Å². The molecular weight excluding hydrogens is 296 g/mol. The SMILES string of the molecule is CCSC1CCC(NS(=O)(=O)c2cnc(NC)nc2)C1. The van der Waals surface area contributed by atoms with Crippen LogP contribution in [0.25, 0.3) is 0 Å². The van der Waals surface area contributed by atoms with Gasteiger partial charge in [0.05, 0.1) is 12.4 Å². The molecule has 0 aromatic carbocycles. The molecule has 6 nitrogen and oxygen atoms in total. The molecule has 1 aromatic rings. The standard InChI is InChI=1S/C12H20N4O2S2/c1-3-19-10-5-4-9(6-10)16-20(17,18)11-7-14-12(13-2)15-8-11/h7-10,16H,3-6H2,1-2H3,(H,13,14,15). The van der Waals surface area contributed by atoms with Crippen LogP contribution >= 0.6 is 11.8 Å². The summed E-state index contributed by atoms with van der Waals surface area (Å²) in [6, 6.07) is 0.0213. The maximum absolute atomic E-state index is 12.2. The van der Waals surface area contributed by atoms with Gasteiger partial charge >= 0.3 is 0 Å². The number of aromatic nitrogens is 2. The summed E-state index contributed by atoms with van der Waals surface area (Å²) in [6.07, 6.45) is 5.52. The first-order chi connectivity index (χ1) is 9.55. The van der Waals surface area contributed by atoms with Crippen LogP contribution in [0.3, 0.4) is 0 Å². The second-order valence-corrected chi connectivity index (χ2v) is 7.99. The molecule has 2 unspecified atom stereocenters. The number of hydrogen-bond donors (Lipinski definition) is 2. The number of hydrogen-bond acceptors (Lipinski definition) is 6. The summed E-state index contributed by atoms with van der Waals surface area (Å²) < 4.78 is 27.2. The predicted molar refractivity (Wildman–Crippen MR) is 81.5 cm³/mol. The van der Waals surface area contributed by atoms with Gasteiger partial charge in [-0.3, -0.25) is 0 Å². The normalized spacial score (nSPS) is 22.9. The Morgan fingerprint density at radius 1 is 1.35 bits per heavy atom. The Hall–Kier alpha value is -0.860. The van der Waals surface area contributed by atoms with E-state index in [4.69, 9.17) is 0 Å². The van der Waals surface area contributed by atoms with E-state index in [-0.39, 0.29) is 10.9 Å². The molecule has 1 fully saturated rings. The predicted octanol–water partition coefficient (Wildman–Crippen LogP) is 1.47. The molecule has 1 heterocycles. The summed E-state index contributed by atoms with van der Waals surface area (Å²) in [5, 5.41) is 3.32. The summed E-state index contributed by atoms with van der Waals surface area (Å²) in [5.41, 5.74) is 0. The molecule has 8 heteroatoms. The third-order valence-corrected chi connectivity index (χ3v) is 5.98. The van der Waals surface area contributed by atoms with Crippen molar-refractivity contribution in [1.29, 1.82) is 0 Å². The number of rotatable bonds is 6. The van der Waals surface area contributed by atoms with Gasteiger partial charge in [0.15, 0.2) is 0 Å². The van der Waals surface area contributed by atoms with Crippen LogP contribution in [0, 0.1) is 0 Å². The van der Waals surface area contributed by atoms with Gasteiger partial charge in [0.25, 0.3) is 0 Å². The first kappa shape index (κ1) is 15.5. The molecule has 0 aliphatic heterocycles. The van der Waals surface area contributed by atoms with Gasteiger partial charge in [-0.25, -0.2) is 23.1 Å². The van der Waals surface area contributed by atoms with Crippen LogP contribution in [0.2, 0.25) is 0 Å². The van der Waals surface area contributed by atoms with E-state index in [1.54, 1.807) is 7.05 Å². The van der Waals surface area contributed by atoms with E-state index in [0.717, 1.165) is 25.0 Å². The molecular formula is C12H20N4O2S2. The van der Waals surface area contributed by atoms with Crippen LogP contribution in [0.4, 0.5) is 5.95 Å². The Labute approximate surface area is 124 Å². The third-order valence-electron chi connectivity index (χ3n) is 3.27. The highest BCUT2D eigenvalue weighted by Gasteiger charge is 2.28. The van der Waals surface area contributed by atoms with E-state index in [0.29, 0.717) is 11.2 Å². The van der Waals surface area contributed by atoms with Crippen molar-refractivity contribution < 1.29 is 8.42 Å². The molecule has 0 spiro atoms. The molecule has 2 atom stereocenters. The minimum Gasteiger partial charge on any atom is -0.357 e. The van der Waals surface area contributed by atoms with Gasteiger partial charge in [0.2, 0.25) is 16.0 Å². The fourth-order valence-corrected chi connectivity index (χ4v) is 4.62. The number of nitrogens with one attached hydrogen (secondary N) is 2. The lowest BCUT2D eigenvalue weighted by atomic mass is 10.3. The van der Waals surface area contributed by atoms with Gasteiger partial charge in [-0.1, -0.05) is 6.92 Å². The second kappa shape index (κ2) is 6.73. The summed E-state index contributed by atoms with van der Waals surface area (Å²) in [5.74, 6) is 1.48. The van der Waals surface area contributed by atoms with Gasteiger partial charge in [-0.2, -0.15) is 11.8 Å². The first-order valence-corrected chi connectivity index (χ1v) is 9.22. The van der Waals surface area contributed by atoms with Crippen LogP contribution in [-0.2, 0) is 10.0 Å². The topological polar surface area (TPSA) is 84.0 Å². The molecule has 0 saturated heterocycles. The molecule has 2 N–H and O–H groups in total. The van der Waals surface area contributed by atoms with Crippen molar-refractivity contribution in [3.05, 3.63) is 12.4 Å². The Morgan fingerprint density at radius 3 is 2.65 bits per heavy atom. The fourth-order valence-electron chi connectivity index (χ4n) is 2.31. The highest BCUT2D eigenvalue weighted by atomic mass is 32.2. The number of anilines is 1. The molecule has 1 aliphatic rings. The van der Waals surface area contributed by atoms with Crippen molar-refractivity contribution in [2.24, 2.45) is 0 Å². The second-order valence-electron chi connectivity index (χ2n) is 4.70. The Kier molecular flexibility index (Phi) is 5.22. The van der Waals surface area contributed by atoms with Gasteiger partial charge in [-0.05, 0) is 25.0 Å². The fraction of sp³-hybridized carbons (Fsp3) is 0.667. The molecule has 0 amide bonds. The molecule has 1 aromatic heterocycles. The van der Waals surface area contributed by atoms with E-state index in [2.05, 4.69) is 26.9 Å². The van der Waals surface area contributed by atoms with Crippen molar-refractivity contribution in [2.75, 3.05) is 18.1 Å². The van der Waals surface area contributed by atoms with Crippen LogP contribution < -0.4 is 10.0 Å². The van der Waals surface area contributed by atoms with Crippen molar-refractivity contribution in [2.45, 2.75) is 42.4 Å². The average molecular weight is 316 g/mol. The lowest BCUT2D eigenvalue weighted by molar-refractivity contribution is 0.552. The van der Waals surface area contributed by atoms with Crippen LogP contribution in [0.5, 0.6) is 0 Å². The molecule has 1 saturated carbocycles. The van der Waals surface area contributed by atoms with Gasteiger partial charge in [0.1, 0.15) is 4.90 Å². The maximum Gasteiger partial charge on any atom is 0.243 e. The number of thioether (sulfide) groups is 1. The average Bonchev–Trinajstić information content (AvgIpc) is 2.86. The molecule has 112 valence electrons. The van der Waals surface area contributed by atoms with Crippen molar-refractivity contribution >= 4 is 27.7 Å². The highest BCUT2D eigenvalue weighted by Crippen LogP contribution is 2.30. The molecule has 0 bridgehead atoms. The van der Waals surface area contributed by atoms with E-state index in [1.165, 1.54) is 12.4 Å². The monoisotopic (exact) mass is 316 g/mol. The molecule has 20 heavy (non-hydrogen) atoms. The first-order valence-electron chi connectivity index (χ1n) is 6.69. The highest BCUT2D eigenvalue weighted by molar-refractivity contribution is 7.99. The largest absolute Gasteiger partial charge is 0.357 e. The summed E-state index contributed by atoms with van der Waals surface area (Å²) in [7, 11) is -1.83. The van der Waals surface area contributed by atoms with Crippen LogP contribution in [0.1, 0.15) is 26.2 Å². The van der Waals surface area contributed by atoms with E-state index >= 15 is 0 Å². The molecule has 2 rings (SSSR count). The third kappa shape index (κ3) is 3.83. The van der Waals surface area contributed by atoms with Gasteiger partial charge in [0, 0.05) is 18.3 Å². The van der Waals surface area contributed by atoms with E-state index in [9.17, 15) is 8.42 Å². The quantitative estimate of drug-likeness (QED) is 0.827. The van der Waals surface area contributed by atoms with Crippen molar-refractivity contribution in [3.63, 3.8) is 0 Å². The zero-order valence-corrected chi connectivity index (χ0v) is 13.3. The Morgan fingerprint density at radius 2 is 2.05 bits per heavy atom. The van der Waals surface area contributed by atoms with Crippen molar-refractivity contribution in [1.82, 2.24) is 14.7 Å². The van der Waals surface area contributed by atoms with E-state index < -0.39 is 10.0 Å². The van der Waals surface area contributed by atoms with Crippen LogP contribution in [0.15, 0.2) is 17.3 Å². The minimum absolute atomic E-state index is 0.0213. The maximum atomic E-state index is 12.2. The summed E-state index contributed by atoms with van der Waals surface area (Å²) in [6.45, 7) is 2.13. The number of nitrogens with zero attached hydrogens (tertiary/aromatic N) is 2. The summed E-state index contributed by atoms with van der Waals surface area (Å²) in [4.78, 5) is 7.99. The van der Waals surface area contributed by atoms with Crippen molar-refractivity contribution in [3.8, 4) is 0 Å². The van der Waals surface area contributed by atoms with Crippen LogP contribution in [-0.4, -0.2) is 42.5 Å². The summed E-state index contributed by atoms with van der Waals surface area (Å²) >= 11 is 1.90. The lowest BCUT2D eigenvalue weighted by Crippen LogP contribution is -2.33. The zero-order chi connectivity index (χ0) is 14.6. The lowest BCUT2D eigenvalue weighted by Gasteiger charge is -2.13. The Bertz CT molecular complexity index is 533. The van der Waals surface area contributed by atoms with Gasteiger partial charge in [-0.15, -0.1) is 0 Å². The minimum atomic E-state index is -3.52.